The molecule has 3 N–H and O–H groups in total. The summed E-state index contributed by atoms with van der Waals surface area (Å²) in [4.78, 5) is 10.7. The van der Waals surface area contributed by atoms with Crippen molar-refractivity contribution in [3.63, 3.8) is 0 Å². The normalized spacial score (nSPS) is 10.5. The highest BCUT2D eigenvalue weighted by atomic mass is 35.5. The largest absolute Gasteiger partial charge is 0.506 e. The topological polar surface area (TPSA) is 86.2 Å². The van der Waals surface area contributed by atoms with Crippen molar-refractivity contribution in [3.8, 4) is 17.0 Å². The van der Waals surface area contributed by atoms with Crippen molar-refractivity contribution in [2.45, 2.75) is 6.92 Å². The maximum Gasteiger partial charge on any atom is 0.353 e. The quantitative estimate of drug-likeness (QED) is 0.766. The van der Waals surface area contributed by atoms with Crippen LogP contribution in [0.25, 0.3) is 11.3 Å². The molecule has 5 nitrogen and oxygen atoms in total. The number of nitrogens with one attached hydrogen (secondary N) is 1. The highest BCUT2D eigenvalue weighted by Gasteiger charge is 2.14. The average molecular weight is 253 g/mol. The molecule has 17 heavy (non-hydrogen) atoms. The summed E-state index contributed by atoms with van der Waals surface area (Å²) in [5.41, 5.74) is 1.48. The number of carboxylic acids is 1. The smallest absolute Gasteiger partial charge is 0.353 e. The Labute approximate surface area is 102 Å². The highest BCUT2D eigenvalue weighted by Crippen LogP contribution is 2.36. The van der Waals surface area contributed by atoms with Gasteiger partial charge in [-0.15, -0.1) is 0 Å². The molecule has 1 aromatic carbocycles. The summed E-state index contributed by atoms with van der Waals surface area (Å²) >= 11 is 5.97. The first-order valence-electron chi connectivity index (χ1n) is 4.78. The van der Waals surface area contributed by atoms with E-state index in [4.69, 9.17) is 16.7 Å². The molecule has 2 aromatic rings. The van der Waals surface area contributed by atoms with Crippen LogP contribution in [0.3, 0.4) is 0 Å². The van der Waals surface area contributed by atoms with Gasteiger partial charge >= 0.3 is 5.97 Å². The molecule has 0 fully saturated rings. The second-order valence-electron chi connectivity index (χ2n) is 3.56. The molecule has 0 bridgehead atoms. The number of phenols is 1. The Morgan fingerprint density at radius 2 is 2.18 bits per heavy atom. The van der Waals surface area contributed by atoms with E-state index in [0.717, 1.165) is 0 Å². The number of aromatic carboxylic acids is 1. The number of aromatic hydroxyl groups is 1. The minimum atomic E-state index is -1.10. The van der Waals surface area contributed by atoms with E-state index in [9.17, 15) is 9.90 Å². The van der Waals surface area contributed by atoms with Gasteiger partial charge < -0.3 is 10.2 Å². The Morgan fingerprint density at radius 3 is 2.76 bits per heavy atom. The second-order valence-corrected chi connectivity index (χ2v) is 3.94. The third kappa shape index (κ3) is 1.97. The fraction of sp³-hybridized carbons (Fsp3) is 0.0909. The molecule has 0 amide bonds. The van der Waals surface area contributed by atoms with Crippen LogP contribution in [0.1, 0.15) is 16.1 Å². The van der Waals surface area contributed by atoms with Crippen molar-refractivity contribution in [3.05, 3.63) is 34.5 Å². The maximum atomic E-state index is 10.7. The van der Waals surface area contributed by atoms with Gasteiger partial charge in [-0.2, -0.15) is 5.10 Å². The Kier molecular flexibility index (Phi) is 2.77. The Hall–Kier alpha value is -2.01. The van der Waals surface area contributed by atoms with Gasteiger partial charge in [0.25, 0.3) is 0 Å². The van der Waals surface area contributed by atoms with Crippen molar-refractivity contribution >= 4 is 17.6 Å². The van der Waals surface area contributed by atoms with E-state index in [1.54, 1.807) is 19.1 Å². The molecule has 6 heteroatoms. The number of nitrogens with zero attached hydrogens (tertiary/aromatic N) is 1. The number of aryl methyl sites for hydroxylation is 1. The highest BCUT2D eigenvalue weighted by molar-refractivity contribution is 6.34. The van der Waals surface area contributed by atoms with Crippen molar-refractivity contribution in [2.24, 2.45) is 0 Å². The number of aromatic nitrogens is 2. The third-order valence-electron chi connectivity index (χ3n) is 2.40. The minimum Gasteiger partial charge on any atom is -0.506 e. The molecule has 1 aromatic heterocycles. The van der Waals surface area contributed by atoms with Crippen molar-refractivity contribution in [1.82, 2.24) is 10.2 Å². The average Bonchev–Trinajstić information content (AvgIpc) is 2.75. The zero-order valence-corrected chi connectivity index (χ0v) is 9.62. The van der Waals surface area contributed by atoms with Crippen LogP contribution < -0.4 is 0 Å². The van der Waals surface area contributed by atoms with Crippen LogP contribution in [0.4, 0.5) is 0 Å². The van der Waals surface area contributed by atoms with E-state index < -0.39 is 5.97 Å². The van der Waals surface area contributed by atoms with Crippen LogP contribution >= 0.6 is 11.6 Å². The molecule has 88 valence electrons. The van der Waals surface area contributed by atoms with Crippen LogP contribution in [-0.4, -0.2) is 26.4 Å². The van der Waals surface area contributed by atoms with Crippen LogP contribution in [0, 0.1) is 6.92 Å². The lowest BCUT2D eigenvalue weighted by Crippen LogP contribution is -1.95. The first-order chi connectivity index (χ1) is 8.00. The molecule has 0 aliphatic heterocycles. The maximum absolute atomic E-state index is 10.7. The summed E-state index contributed by atoms with van der Waals surface area (Å²) in [5, 5.41) is 24.8. The number of hydrogen-bond donors (Lipinski definition) is 3. The van der Waals surface area contributed by atoms with Gasteiger partial charge in [-0.25, -0.2) is 4.79 Å². The van der Waals surface area contributed by atoms with Crippen molar-refractivity contribution in [1.29, 1.82) is 0 Å². The molecule has 0 atom stereocenters. The van der Waals surface area contributed by atoms with E-state index in [2.05, 4.69) is 10.2 Å². The van der Waals surface area contributed by atoms with E-state index >= 15 is 0 Å². The van der Waals surface area contributed by atoms with Gasteiger partial charge in [0.05, 0.1) is 10.7 Å². The second kappa shape index (κ2) is 4.10. The Balaban J connectivity index is 2.53. The number of benzene rings is 1. The van der Waals surface area contributed by atoms with E-state index in [1.807, 2.05) is 0 Å². The number of halogens is 1. The lowest BCUT2D eigenvalue weighted by atomic mass is 10.1. The van der Waals surface area contributed by atoms with Crippen LogP contribution in [-0.2, 0) is 0 Å². The predicted molar refractivity (Wildman–Crippen MR) is 62.4 cm³/mol. The summed E-state index contributed by atoms with van der Waals surface area (Å²) in [6, 6.07) is 4.73. The molecular weight excluding hydrogens is 244 g/mol. The molecule has 0 radical (unpaired) electrons. The lowest BCUT2D eigenvalue weighted by molar-refractivity contribution is 0.0690. The summed E-state index contributed by atoms with van der Waals surface area (Å²) in [7, 11) is 0. The van der Waals surface area contributed by atoms with Gasteiger partial charge in [-0.05, 0) is 18.6 Å². The molecule has 0 spiro atoms. The van der Waals surface area contributed by atoms with E-state index in [1.165, 1.54) is 6.07 Å². The molecule has 0 saturated heterocycles. The van der Waals surface area contributed by atoms with Gasteiger partial charge in [0.1, 0.15) is 11.4 Å². The fourth-order valence-electron chi connectivity index (χ4n) is 1.43. The zero-order valence-electron chi connectivity index (χ0n) is 8.86. The SMILES string of the molecule is Cc1ccc(-c2cc(C(=O)O)[nH]n2)c(Cl)c1O. The van der Waals surface area contributed by atoms with Crippen LogP contribution in [0.5, 0.6) is 5.75 Å². The number of carbonyl (C=O) groups is 1. The molecular formula is C11H9ClN2O3. The van der Waals surface area contributed by atoms with E-state index in [0.29, 0.717) is 16.8 Å². The summed E-state index contributed by atoms with van der Waals surface area (Å²) in [6.07, 6.45) is 0. The molecule has 0 aliphatic carbocycles. The van der Waals surface area contributed by atoms with Gasteiger partial charge in [-0.1, -0.05) is 23.7 Å². The lowest BCUT2D eigenvalue weighted by Gasteiger charge is -2.05. The Morgan fingerprint density at radius 1 is 1.47 bits per heavy atom. The van der Waals surface area contributed by atoms with Gasteiger partial charge in [0.2, 0.25) is 0 Å². The minimum absolute atomic E-state index is 0.0240. The molecule has 0 unspecified atom stereocenters. The number of aromatic amines is 1. The standard InChI is InChI=1S/C11H9ClN2O3/c1-5-2-3-6(9(12)10(5)15)7-4-8(11(16)17)14-13-7/h2-4,15H,1H3,(H,13,14)(H,16,17). The first kappa shape index (κ1) is 11.5. The third-order valence-corrected chi connectivity index (χ3v) is 2.78. The number of H-pyrrole nitrogens is 1. The first-order valence-corrected chi connectivity index (χ1v) is 5.15. The van der Waals surface area contributed by atoms with Crippen molar-refractivity contribution in [2.75, 3.05) is 0 Å². The molecule has 0 aliphatic rings. The summed E-state index contributed by atoms with van der Waals surface area (Å²) < 4.78 is 0. The summed E-state index contributed by atoms with van der Waals surface area (Å²) in [5.74, 6) is -1.12. The van der Waals surface area contributed by atoms with E-state index in [-0.39, 0.29) is 16.5 Å². The van der Waals surface area contributed by atoms with Gasteiger partial charge in [0, 0.05) is 5.56 Å². The Bertz CT molecular complexity index is 592. The van der Waals surface area contributed by atoms with Gasteiger partial charge in [0.15, 0.2) is 0 Å². The zero-order chi connectivity index (χ0) is 12.6. The molecule has 2 rings (SSSR count). The molecule has 0 saturated carbocycles. The van der Waals surface area contributed by atoms with Crippen LogP contribution in [0.15, 0.2) is 18.2 Å². The summed E-state index contributed by atoms with van der Waals surface area (Å²) in [6.45, 7) is 1.72. The number of hydrogen-bond acceptors (Lipinski definition) is 3. The number of carboxylic acid groups (broad SMARTS) is 1. The number of rotatable bonds is 2. The molecule has 1 heterocycles. The monoisotopic (exact) mass is 252 g/mol. The van der Waals surface area contributed by atoms with Crippen molar-refractivity contribution < 1.29 is 15.0 Å². The predicted octanol–water partition coefficient (Wildman–Crippen LogP) is 2.44. The van der Waals surface area contributed by atoms with Crippen LogP contribution in [0.2, 0.25) is 5.02 Å². The van der Waals surface area contributed by atoms with Gasteiger partial charge in [-0.3, -0.25) is 5.10 Å². The number of phenolic OH excluding ortho intramolecular Hbond substituents is 1. The fourth-order valence-corrected chi connectivity index (χ4v) is 1.74.